The van der Waals surface area contributed by atoms with Crippen LogP contribution in [0.1, 0.15) is 44.1 Å². The molecule has 7 heteroatoms. The summed E-state index contributed by atoms with van der Waals surface area (Å²) in [5.74, 6) is 1.08. The molecule has 0 unspecified atom stereocenters. The minimum atomic E-state index is 0.602. The van der Waals surface area contributed by atoms with Crippen LogP contribution in [0.15, 0.2) is 16.7 Å². The van der Waals surface area contributed by atoms with E-state index in [2.05, 4.69) is 26.8 Å². The molecule has 1 saturated carbocycles. The Bertz CT molecular complexity index is 574. The molecule has 0 saturated heterocycles. The van der Waals surface area contributed by atoms with E-state index in [0.29, 0.717) is 6.04 Å². The van der Waals surface area contributed by atoms with Gasteiger partial charge in [0.1, 0.15) is 0 Å². The third-order valence-electron chi connectivity index (χ3n) is 3.93. The average molecular weight is 338 g/mol. The summed E-state index contributed by atoms with van der Waals surface area (Å²) in [5, 5.41) is 17.3. The van der Waals surface area contributed by atoms with Crippen molar-refractivity contribution in [3.8, 4) is 0 Å². The highest BCUT2D eigenvalue weighted by Crippen LogP contribution is 2.28. The van der Waals surface area contributed by atoms with Crippen LogP contribution in [-0.4, -0.2) is 31.8 Å². The molecular weight excluding hydrogens is 314 g/mol. The Kier molecular flexibility index (Phi) is 5.72. The molecule has 1 aliphatic carbocycles. The Balaban J connectivity index is 1.37. The molecule has 0 aliphatic heterocycles. The standard InChI is InChI=1S/C15H23N5S2/c1-20-11-12(10-16-20)6-5-9-21-15-19-18-14(22-15)17-13-7-3-2-4-8-13/h10-11,13H,2-9H2,1H3,(H,17,18). The van der Waals surface area contributed by atoms with Gasteiger partial charge in [0.05, 0.1) is 6.20 Å². The SMILES string of the molecule is Cn1cc(CCCSc2nnc(NC3CCCCC3)s2)cn1. The first kappa shape index (κ1) is 15.8. The van der Waals surface area contributed by atoms with Crippen LogP contribution in [0.25, 0.3) is 0 Å². The van der Waals surface area contributed by atoms with Gasteiger partial charge in [-0.1, -0.05) is 42.4 Å². The van der Waals surface area contributed by atoms with Gasteiger partial charge in [-0.2, -0.15) is 5.10 Å². The molecule has 0 amide bonds. The summed E-state index contributed by atoms with van der Waals surface area (Å²) in [4.78, 5) is 0. The molecule has 0 spiro atoms. The third-order valence-corrected chi connectivity index (χ3v) is 6.01. The van der Waals surface area contributed by atoms with E-state index in [4.69, 9.17) is 0 Å². The summed E-state index contributed by atoms with van der Waals surface area (Å²) in [6.45, 7) is 0. The zero-order valence-electron chi connectivity index (χ0n) is 13.0. The lowest BCUT2D eigenvalue weighted by atomic mass is 9.96. The number of anilines is 1. The number of hydrogen-bond donors (Lipinski definition) is 1. The molecule has 1 N–H and O–H groups in total. The Morgan fingerprint density at radius 1 is 1.32 bits per heavy atom. The van der Waals surface area contributed by atoms with Crippen molar-refractivity contribution >= 4 is 28.2 Å². The highest BCUT2D eigenvalue weighted by molar-refractivity contribution is 8.01. The quantitative estimate of drug-likeness (QED) is 0.616. The van der Waals surface area contributed by atoms with Gasteiger partial charge in [-0.05, 0) is 31.2 Å². The van der Waals surface area contributed by atoms with Crippen molar-refractivity contribution in [1.29, 1.82) is 0 Å². The number of nitrogens with zero attached hydrogens (tertiary/aromatic N) is 4. The maximum absolute atomic E-state index is 4.28. The van der Waals surface area contributed by atoms with E-state index in [1.807, 2.05) is 29.7 Å². The second-order valence-electron chi connectivity index (χ2n) is 5.83. The molecule has 0 bridgehead atoms. The molecule has 1 aliphatic rings. The molecule has 2 heterocycles. The van der Waals surface area contributed by atoms with E-state index in [1.54, 1.807) is 11.3 Å². The second-order valence-corrected chi connectivity index (χ2v) is 8.15. The van der Waals surface area contributed by atoms with Gasteiger partial charge in [-0.3, -0.25) is 4.68 Å². The van der Waals surface area contributed by atoms with E-state index in [9.17, 15) is 0 Å². The van der Waals surface area contributed by atoms with E-state index in [0.717, 1.165) is 28.1 Å². The van der Waals surface area contributed by atoms with E-state index >= 15 is 0 Å². The Morgan fingerprint density at radius 2 is 2.18 bits per heavy atom. The summed E-state index contributed by atoms with van der Waals surface area (Å²) >= 11 is 3.50. The number of thioether (sulfide) groups is 1. The van der Waals surface area contributed by atoms with Gasteiger partial charge < -0.3 is 5.32 Å². The third kappa shape index (κ3) is 4.71. The molecule has 120 valence electrons. The maximum atomic E-state index is 4.28. The molecule has 0 aromatic carbocycles. The van der Waals surface area contributed by atoms with Crippen molar-refractivity contribution < 1.29 is 0 Å². The molecule has 0 radical (unpaired) electrons. The summed E-state index contributed by atoms with van der Waals surface area (Å²) in [6, 6.07) is 0.602. The van der Waals surface area contributed by atoms with Gasteiger partial charge in [-0.15, -0.1) is 10.2 Å². The van der Waals surface area contributed by atoms with Gasteiger partial charge in [-0.25, -0.2) is 0 Å². The number of rotatable bonds is 7. The zero-order valence-corrected chi connectivity index (χ0v) is 14.6. The zero-order chi connectivity index (χ0) is 15.2. The minimum Gasteiger partial charge on any atom is -0.357 e. The summed E-state index contributed by atoms with van der Waals surface area (Å²) in [6.07, 6.45) is 12.9. The van der Waals surface area contributed by atoms with Crippen LogP contribution in [0.3, 0.4) is 0 Å². The first-order valence-corrected chi connectivity index (χ1v) is 9.80. The van der Waals surface area contributed by atoms with E-state index < -0.39 is 0 Å². The molecule has 5 nitrogen and oxygen atoms in total. The Labute approximate surface area is 139 Å². The number of hydrogen-bond acceptors (Lipinski definition) is 6. The fourth-order valence-electron chi connectivity index (χ4n) is 2.78. The summed E-state index contributed by atoms with van der Waals surface area (Å²) in [7, 11) is 1.96. The smallest absolute Gasteiger partial charge is 0.206 e. The van der Waals surface area contributed by atoms with Crippen LogP contribution < -0.4 is 5.32 Å². The van der Waals surface area contributed by atoms with Crippen molar-refractivity contribution in [3.63, 3.8) is 0 Å². The maximum Gasteiger partial charge on any atom is 0.206 e. The number of nitrogens with one attached hydrogen (secondary N) is 1. The molecule has 0 atom stereocenters. The number of aromatic nitrogens is 4. The molecule has 2 aromatic heterocycles. The lowest BCUT2D eigenvalue weighted by Gasteiger charge is -2.21. The molecule has 3 rings (SSSR count). The van der Waals surface area contributed by atoms with Crippen molar-refractivity contribution in [2.24, 2.45) is 7.05 Å². The normalized spacial score (nSPS) is 16.0. The minimum absolute atomic E-state index is 0.602. The molecule has 22 heavy (non-hydrogen) atoms. The van der Waals surface area contributed by atoms with Crippen molar-refractivity contribution in [1.82, 2.24) is 20.0 Å². The van der Waals surface area contributed by atoms with Gasteiger partial charge in [0.25, 0.3) is 0 Å². The molecule has 2 aromatic rings. The van der Waals surface area contributed by atoms with Gasteiger partial charge in [0.2, 0.25) is 5.13 Å². The number of aryl methyl sites for hydroxylation is 2. The van der Waals surface area contributed by atoms with Gasteiger partial charge >= 0.3 is 0 Å². The predicted molar refractivity (Wildman–Crippen MR) is 92.7 cm³/mol. The van der Waals surface area contributed by atoms with Crippen LogP contribution in [-0.2, 0) is 13.5 Å². The van der Waals surface area contributed by atoms with E-state index in [-0.39, 0.29) is 0 Å². The van der Waals surface area contributed by atoms with Gasteiger partial charge in [0, 0.05) is 25.0 Å². The first-order chi connectivity index (χ1) is 10.8. The van der Waals surface area contributed by atoms with Crippen molar-refractivity contribution in [3.05, 3.63) is 18.0 Å². The monoisotopic (exact) mass is 337 g/mol. The predicted octanol–water partition coefficient (Wildman–Crippen LogP) is 3.74. The van der Waals surface area contributed by atoms with Crippen LogP contribution >= 0.6 is 23.1 Å². The molecular formula is C15H23N5S2. The largest absolute Gasteiger partial charge is 0.357 e. The van der Waals surface area contributed by atoms with E-state index in [1.165, 1.54) is 37.7 Å². The van der Waals surface area contributed by atoms with Crippen LogP contribution in [0.2, 0.25) is 0 Å². The Morgan fingerprint density at radius 3 is 2.95 bits per heavy atom. The van der Waals surface area contributed by atoms with Crippen LogP contribution in [0.5, 0.6) is 0 Å². The van der Waals surface area contributed by atoms with Crippen LogP contribution in [0, 0.1) is 0 Å². The second kappa shape index (κ2) is 7.97. The first-order valence-electron chi connectivity index (χ1n) is 8.00. The van der Waals surface area contributed by atoms with Crippen LogP contribution in [0.4, 0.5) is 5.13 Å². The highest BCUT2D eigenvalue weighted by Gasteiger charge is 2.15. The topological polar surface area (TPSA) is 55.6 Å². The molecule has 1 fully saturated rings. The van der Waals surface area contributed by atoms with Crippen molar-refractivity contribution in [2.75, 3.05) is 11.1 Å². The van der Waals surface area contributed by atoms with Crippen molar-refractivity contribution in [2.45, 2.75) is 55.3 Å². The fourth-order valence-corrected chi connectivity index (χ4v) is 4.62. The van der Waals surface area contributed by atoms with Gasteiger partial charge in [0.15, 0.2) is 4.34 Å². The Hall–Kier alpha value is -1.08. The fraction of sp³-hybridized carbons (Fsp3) is 0.667. The average Bonchev–Trinajstić information content (AvgIpc) is 3.14. The summed E-state index contributed by atoms with van der Waals surface area (Å²) in [5.41, 5.74) is 1.31. The lowest BCUT2D eigenvalue weighted by Crippen LogP contribution is -2.21. The lowest BCUT2D eigenvalue weighted by molar-refractivity contribution is 0.462. The highest BCUT2D eigenvalue weighted by atomic mass is 32.2. The summed E-state index contributed by atoms with van der Waals surface area (Å²) < 4.78 is 2.93.